The van der Waals surface area contributed by atoms with Gasteiger partial charge < -0.3 is 14.3 Å². The summed E-state index contributed by atoms with van der Waals surface area (Å²) in [5.74, 6) is 0.274. The molecule has 0 saturated heterocycles. The molecule has 84 valence electrons. The van der Waals surface area contributed by atoms with Crippen molar-refractivity contribution in [3.63, 3.8) is 0 Å². The topological polar surface area (TPSA) is 113 Å². The van der Waals surface area contributed by atoms with Crippen LogP contribution in [0.25, 0.3) is 0 Å². The van der Waals surface area contributed by atoms with Crippen molar-refractivity contribution in [2.24, 2.45) is 0 Å². The van der Waals surface area contributed by atoms with Gasteiger partial charge in [0, 0.05) is 5.75 Å². The van der Waals surface area contributed by atoms with E-state index in [2.05, 4.69) is 21.5 Å². The summed E-state index contributed by atoms with van der Waals surface area (Å²) >= 11 is 3.82. The summed E-state index contributed by atoms with van der Waals surface area (Å²) in [6, 6.07) is 0. The van der Waals surface area contributed by atoms with Gasteiger partial charge in [-0.15, -0.1) is 0 Å². The Balaban J connectivity index is 4.37. The van der Waals surface area contributed by atoms with Crippen LogP contribution in [0.1, 0.15) is 6.92 Å². The van der Waals surface area contributed by atoms with E-state index in [1.807, 2.05) is 0 Å². The summed E-state index contributed by atoms with van der Waals surface area (Å²) in [6.45, 7) is 1.55. The number of phosphoric ester groups is 1. The van der Waals surface area contributed by atoms with Crippen molar-refractivity contribution in [1.82, 2.24) is 0 Å². The van der Waals surface area contributed by atoms with Crippen molar-refractivity contribution < 1.29 is 32.6 Å². The molecule has 14 heavy (non-hydrogen) atoms. The lowest BCUT2D eigenvalue weighted by Crippen LogP contribution is -1.90. The van der Waals surface area contributed by atoms with E-state index in [4.69, 9.17) is 14.7 Å². The second-order valence-corrected chi connectivity index (χ2v) is 5.37. The van der Waals surface area contributed by atoms with Crippen LogP contribution in [0.5, 0.6) is 0 Å². The van der Waals surface area contributed by atoms with Crippen molar-refractivity contribution in [3.05, 3.63) is 11.8 Å². The summed E-state index contributed by atoms with van der Waals surface area (Å²) in [4.78, 5) is 25.2. The van der Waals surface area contributed by atoms with Gasteiger partial charge in [-0.25, -0.2) is 9.13 Å². The maximum absolute atomic E-state index is 10.8. The molecule has 0 aromatic carbocycles. The molecule has 0 aromatic rings. The zero-order valence-electron chi connectivity index (χ0n) is 7.10. The van der Waals surface area contributed by atoms with E-state index < -0.39 is 15.6 Å². The van der Waals surface area contributed by atoms with Crippen molar-refractivity contribution >= 4 is 28.3 Å². The van der Waals surface area contributed by atoms with Crippen LogP contribution >= 0.6 is 28.3 Å². The van der Waals surface area contributed by atoms with Crippen molar-refractivity contribution in [2.75, 3.05) is 5.75 Å². The molecule has 0 rings (SSSR count). The maximum atomic E-state index is 10.8. The highest BCUT2D eigenvalue weighted by molar-refractivity contribution is 7.80. The molecule has 0 amide bonds. The van der Waals surface area contributed by atoms with Crippen LogP contribution in [0.4, 0.5) is 0 Å². The molecule has 1 atom stereocenters. The van der Waals surface area contributed by atoms with Crippen LogP contribution in [0.3, 0.4) is 0 Å². The first kappa shape index (κ1) is 14.2. The highest BCUT2D eigenvalue weighted by Crippen LogP contribution is 2.57. The third kappa shape index (κ3) is 7.58. The van der Waals surface area contributed by atoms with Crippen LogP contribution in [0.15, 0.2) is 11.8 Å². The number of thiol groups is 1. The molecule has 10 heteroatoms. The van der Waals surface area contributed by atoms with Gasteiger partial charge in [0.1, 0.15) is 0 Å². The summed E-state index contributed by atoms with van der Waals surface area (Å²) in [5, 5.41) is 0. The van der Waals surface area contributed by atoms with Gasteiger partial charge >= 0.3 is 15.6 Å². The molecule has 7 nitrogen and oxygen atoms in total. The molecule has 0 aliphatic heterocycles. The molecule has 0 aromatic heterocycles. The fourth-order valence-electron chi connectivity index (χ4n) is 0.348. The summed E-state index contributed by atoms with van der Waals surface area (Å²) < 4.78 is 28.6. The second-order valence-electron chi connectivity index (χ2n) is 2.27. The normalized spacial score (nSPS) is 17.6. The van der Waals surface area contributed by atoms with Crippen LogP contribution in [-0.4, -0.2) is 20.4 Å². The number of hydrogen-bond donors (Lipinski definition) is 4. The molecule has 0 aliphatic rings. The first-order valence-corrected chi connectivity index (χ1v) is 6.87. The van der Waals surface area contributed by atoms with Gasteiger partial charge in [0.05, 0.1) is 6.26 Å². The Morgan fingerprint density at radius 1 is 1.43 bits per heavy atom. The van der Waals surface area contributed by atoms with Crippen LogP contribution in [-0.2, 0) is 18.0 Å². The van der Waals surface area contributed by atoms with Crippen molar-refractivity contribution in [1.29, 1.82) is 0 Å². The van der Waals surface area contributed by atoms with Crippen LogP contribution in [0.2, 0.25) is 0 Å². The van der Waals surface area contributed by atoms with Gasteiger partial charge in [0.25, 0.3) is 0 Å². The Kier molecular flexibility index (Phi) is 5.39. The SMILES string of the molecule is C/C(=C\OP(=O)(O)OP(=O)(O)O)CS. The molecule has 0 spiro atoms. The Morgan fingerprint density at radius 2 is 1.93 bits per heavy atom. The van der Waals surface area contributed by atoms with Gasteiger partial charge in [0.2, 0.25) is 0 Å². The van der Waals surface area contributed by atoms with Gasteiger partial charge in [0.15, 0.2) is 0 Å². The van der Waals surface area contributed by atoms with E-state index in [0.717, 1.165) is 6.26 Å². The third-order valence-corrected chi connectivity index (χ3v) is 3.39. The Hall–Kier alpha value is 0.190. The molecule has 1 unspecified atom stereocenters. The molecular formula is C4H10O7P2S. The first-order valence-electron chi connectivity index (χ1n) is 3.21. The fourth-order valence-corrected chi connectivity index (χ4v) is 1.96. The van der Waals surface area contributed by atoms with E-state index >= 15 is 0 Å². The fraction of sp³-hybridized carbons (Fsp3) is 0.500. The lowest BCUT2D eigenvalue weighted by molar-refractivity contribution is 0.216. The van der Waals surface area contributed by atoms with Gasteiger partial charge in [-0.2, -0.15) is 16.9 Å². The predicted octanol–water partition coefficient (Wildman–Crippen LogP) is 1.05. The number of phosphoric acid groups is 2. The van der Waals surface area contributed by atoms with E-state index in [9.17, 15) is 9.13 Å². The minimum atomic E-state index is -5.04. The average molecular weight is 264 g/mol. The standard InChI is InChI=1S/C4H10O7P2S/c1-4(3-14)2-10-13(8,9)11-12(5,6)7/h2,14H,3H2,1H3,(H,8,9)(H2,5,6,7)/b4-2+. The second kappa shape index (κ2) is 5.32. The van der Waals surface area contributed by atoms with Crippen LogP contribution in [0, 0.1) is 0 Å². The predicted molar refractivity (Wildman–Crippen MR) is 51.6 cm³/mol. The summed E-state index contributed by atoms with van der Waals surface area (Å²) in [6.07, 6.45) is 0.851. The summed E-state index contributed by atoms with van der Waals surface area (Å²) in [7, 11) is -9.80. The lowest BCUT2D eigenvalue weighted by Gasteiger charge is -2.10. The first-order chi connectivity index (χ1) is 6.16. The largest absolute Gasteiger partial charge is 0.535 e. The van der Waals surface area contributed by atoms with E-state index in [0.29, 0.717) is 5.57 Å². The third-order valence-electron chi connectivity index (χ3n) is 0.846. The maximum Gasteiger partial charge on any atom is 0.535 e. The summed E-state index contributed by atoms with van der Waals surface area (Å²) in [5.41, 5.74) is 0.497. The highest BCUT2D eigenvalue weighted by Gasteiger charge is 2.32. The average Bonchev–Trinajstić information content (AvgIpc) is 1.96. The monoisotopic (exact) mass is 264 g/mol. The molecule has 0 saturated carbocycles. The Labute approximate surface area is 86.0 Å². The van der Waals surface area contributed by atoms with Gasteiger partial charge in [-0.1, -0.05) is 0 Å². The minimum Gasteiger partial charge on any atom is -0.412 e. The lowest BCUT2D eigenvalue weighted by atomic mass is 10.4. The molecular weight excluding hydrogens is 254 g/mol. The van der Waals surface area contributed by atoms with E-state index in [1.165, 1.54) is 0 Å². The van der Waals surface area contributed by atoms with Gasteiger partial charge in [-0.3, -0.25) is 4.89 Å². The van der Waals surface area contributed by atoms with Gasteiger partial charge in [-0.05, 0) is 12.5 Å². The number of rotatable bonds is 5. The molecule has 0 bridgehead atoms. The van der Waals surface area contributed by atoms with E-state index in [-0.39, 0.29) is 5.75 Å². The quantitative estimate of drug-likeness (QED) is 0.333. The molecule has 0 fully saturated rings. The van der Waals surface area contributed by atoms with Crippen LogP contribution < -0.4 is 0 Å². The molecule has 0 aliphatic carbocycles. The highest BCUT2D eigenvalue weighted by atomic mass is 32.1. The number of hydrogen-bond acceptors (Lipinski definition) is 5. The van der Waals surface area contributed by atoms with Crippen molar-refractivity contribution in [3.8, 4) is 0 Å². The smallest absolute Gasteiger partial charge is 0.412 e. The molecule has 3 N–H and O–H groups in total. The zero-order chi connectivity index (χ0) is 11.4. The molecule has 0 radical (unpaired) electrons. The Morgan fingerprint density at radius 3 is 2.29 bits per heavy atom. The molecule has 0 heterocycles. The van der Waals surface area contributed by atoms with Crippen molar-refractivity contribution in [2.45, 2.75) is 6.92 Å². The van der Waals surface area contributed by atoms with E-state index in [1.54, 1.807) is 6.92 Å². The minimum absolute atomic E-state index is 0.274. The Bertz CT molecular complexity index is 307. The zero-order valence-corrected chi connectivity index (χ0v) is 9.78.